The van der Waals surface area contributed by atoms with Gasteiger partial charge >= 0.3 is 5.97 Å². The van der Waals surface area contributed by atoms with E-state index in [0.29, 0.717) is 11.8 Å². The van der Waals surface area contributed by atoms with E-state index in [9.17, 15) is 9.59 Å². The number of aldehydes is 1. The van der Waals surface area contributed by atoms with Gasteiger partial charge in [0.2, 0.25) is 0 Å². The van der Waals surface area contributed by atoms with Crippen LogP contribution < -0.4 is 0 Å². The highest BCUT2D eigenvalue weighted by molar-refractivity contribution is 5.97. The van der Waals surface area contributed by atoms with Crippen molar-refractivity contribution in [2.75, 3.05) is 0 Å². The van der Waals surface area contributed by atoms with E-state index < -0.39 is 5.97 Å². The molecule has 0 amide bonds. The van der Waals surface area contributed by atoms with Crippen LogP contribution in [0.15, 0.2) is 10.7 Å². The van der Waals surface area contributed by atoms with Gasteiger partial charge < -0.3 is 9.52 Å². The van der Waals surface area contributed by atoms with E-state index in [4.69, 9.17) is 9.52 Å². The molecule has 1 aromatic rings. The van der Waals surface area contributed by atoms with Crippen LogP contribution in [0.5, 0.6) is 0 Å². The van der Waals surface area contributed by atoms with E-state index in [0.717, 1.165) is 25.7 Å². The first-order valence-electron chi connectivity index (χ1n) is 5.04. The Balaban J connectivity index is 2.41. The van der Waals surface area contributed by atoms with E-state index in [1.165, 1.54) is 6.26 Å². The van der Waals surface area contributed by atoms with E-state index in [1.54, 1.807) is 0 Å². The lowest BCUT2D eigenvalue weighted by molar-refractivity contribution is 0.0690. The van der Waals surface area contributed by atoms with Crippen LogP contribution in [-0.2, 0) is 0 Å². The molecule has 2 rings (SSSR count). The van der Waals surface area contributed by atoms with Crippen molar-refractivity contribution in [3.63, 3.8) is 0 Å². The molecule has 1 saturated carbocycles. The predicted octanol–water partition coefficient (Wildman–Crippen LogP) is 2.45. The zero-order valence-electron chi connectivity index (χ0n) is 8.23. The standard InChI is InChI=1S/C11H12O4/c12-5-9-10(11(13)14)8(6-15-9)7-3-1-2-4-7/h5-7H,1-4H2,(H,13,14). The molecule has 1 aliphatic carbocycles. The van der Waals surface area contributed by atoms with Gasteiger partial charge in [-0.25, -0.2) is 4.79 Å². The van der Waals surface area contributed by atoms with Crippen molar-refractivity contribution < 1.29 is 19.1 Å². The summed E-state index contributed by atoms with van der Waals surface area (Å²) in [6.07, 6.45) is 6.08. The Hall–Kier alpha value is -1.58. The van der Waals surface area contributed by atoms with Crippen molar-refractivity contribution in [1.29, 1.82) is 0 Å². The van der Waals surface area contributed by atoms with Gasteiger partial charge in [0.15, 0.2) is 12.0 Å². The summed E-state index contributed by atoms with van der Waals surface area (Å²) >= 11 is 0. The third-order valence-corrected chi connectivity index (χ3v) is 2.96. The van der Waals surface area contributed by atoms with Crippen LogP contribution >= 0.6 is 0 Å². The van der Waals surface area contributed by atoms with Gasteiger partial charge in [-0.3, -0.25) is 4.79 Å². The van der Waals surface area contributed by atoms with Crippen LogP contribution in [0, 0.1) is 0 Å². The van der Waals surface area contributed by atoms with E-state index >= 15 is 0 Å². The molecule has 0 aromatic carbocycles. The zero-order chi connectivity index (χ0) is 10.8. The number of carbonyl (C=O) groups is 2. The van der Waals surface area contributed by atoms with Gasteiger partial charge in [-0.2, -0.15) is 0 Å². The highest BCUT2D eigenvalue weighted by Crippen LogP contribution is 2.37. The van der Waals surface area contributed by atoms with Crippen LogP contribution in [-0.4, -0.2) is 17.4 Å². The van der Waals surface area contributed by atoms with Crippen LogP contribution in [0.25, 0.3) is 0 Å². The number of hydrogen-bond donors (Lipinski definition) is 1. The predicted molar refractivity (Wildman–Crippen MR) is 52.3 cm³/mol. The lowest BCUT2D eigenvalue weighted by atomic mass is 9.96. The fourth-order valence-corrected chi connectivity index (χ4v) is 2.24. The van der Waals surface area contributed by atoms with Crippen LogP contribution in [0.2, 0.25) is 0 Å². The summed E-state index contributed by atoms with van der Waals surface area (Å²) in [6, 6.07) is 0. The Labute approximate surface area is 86.9 Å². The molecular weight excluding hydrogens is 196 g/mol. The minimum atomic E-state index is -1.08. The molecule has 4 nitrogen and oxygen atoms in total. The maximum absolute atomic E-state index is 11.0. The second-order valence-corrected chi connectivity index (χ2v) is 3.83. The largest absolute Gasteiger partial charge is 0.478 e. The van der Waals surface area contributed by atoms with Gasteiger partial charge in [0.25, 0.3) is 0 Å². The molecule has 1 fully saturated rings. The molecule has 1 aliphatic rings. The fraction of sp³-hybridized carbons (Fsp3) is 0.455. The number of aromatic carboxylic acids is 1. The van der Waals surface area contributed by atoms with Crippen molar-refractivity contribution in [2.45, 2.75) is 31.6 Å². The van der Waals surface area contributed by atoms with Crippen LogP contribution in [0.1, 0.15) is 58.1 Å². The molecule has 0 unspecified atom stereocenters. The Kier molecular flexibility index (Phi) is 2.58. The molecule has 1 aromatic heterocycles. The van der Waals surface area contributed by atoms with Crippen molar-refractivity contribution in [3.05, 3.63) is 23.2 Å². The molecule has 15 heavy (non-hydrogen) atoms. The molecule has 0 radical (unpaired) electrons. The molecule has 1 heterocycles. The normalized spacial score (nSPS) is 16.8. The molecule has 1 N–H and O–H groups in total. The summed E-state index contributed by atoms with van der Waals surface area (Å²) in [6.45, 7) is 0. The molecule has 0 atom stereocenters. The van der Waals surface area contributed by atoms with Crippen LogP contribution in [0.3, 0.4) is 0 Å². The smallest absolute Gasteiger partial charge is 0.340 e. The summed E-state index contributed by atoms with van der Waals surface area (Å²) in [4.78, 5) is 21.6. The SMILES string of the molecule is O=Cc1occ(C2CCCC2)c1C(=O)O. The molecule has 0 aliphatic heterocycles. The molecule has 4 heteroatoms. The maximum atomic E-state index is 11.0. The van der Waals surface area contributed by atoms with Gasteiger partial charge in [-0.15, -0.1) is 0 Å². The number of carboxylic acids is 1. The summed E-state index contributed by atoms with van der Waals surface area (Å²) < 4.78 is 4.97. The van der Waals surface area contributed by atoms with Gasteiger partial charge in [0.05, 0.1) is 6.26 Å². The summed E-state index contributed by atoms with van der Waals surface area (Å²) in [5, 5.41) is 9.01. The average Bonchev–Trinajstić information content (AvgIpc) is 2.85. The Morgan fingerprint density at radius 2 is 2.13 bits per heavy atom. The lowest BCUT2D eigenvalue weighted by Crippen LogP contribution is -2.04. The molecular formula is C11H12O4. The zero-order valence-corrected chi connectivity index (χ0v) is 8.23. The van der Waals surface area contributed by atoms with E-state index in [2.05, 4.69) is 0 Å². The number of furan rings is 1. The van der Waals surface area contributed by atoms with Crippen molar-refractivity contribution in [2.24, 2.45) is 0 Å². The highest BCUT2D eigenvalue weighted by atomic mass is 16.4. The third kappa shape index (κ3) is 1.67. The van der Waals surface area contributed by atoms with Gasteiger partial charge in [-0.05, 0) is 18.8 Å². The van der Waals surface area contributed by atoms with Gasteiger partial charge in [-0.1, -0.05) is 12.8 Å². The topological polar surface area (TPSA) is 67.5 Å². The van der Waals surface area contributed by atoms with Crippen LogP contribution in [0.4, 0.5) is 0 Å². The second kappa shape index (κ2) is 3.88. The Morgan fingerprint density at radius 3 is 2.67 bits per heavy atom. The molecule has 0 spiro atoms. The Bertz CT molecular complexity index is 385. The first-order valence-corrected chi connectivity index (χ1v) is 5.04. The van der Waals surface area contributed by atoms with E-state index in [1.807, 2.05) is 0 Å². The maximum Gasteiger partial charge on any atom is 0.340 e. The van der Waals surface area contributed by atoms with Crippen molar-refractivity contribution >= 4 is 12.3 Å². The third-order valence-electron chi connectivity index (χ3n) is 2.96. The summed E-state index contributed by atoms with van der Waals surface area (Å²) in [7, 11) is 0. The fourth-order valence-electron chi connectivity index (χ4n) is 2.24. The number of carbonyl (C=O) groups excluding carboxylic acids is 1. The number of rotatable bonds is 3. The quantitative estimate of drug-likeness (QED) is 0.774. The number of hydrogen-bond acceptors (Lipinski definition) is 3. The number of carboxylic acid groups (broad SMARTS) is 1. The first-order chi connectivity index (χ1) is 7.24. The molecule has 0 saturated heterocycles. The van der Waals surface area contributed by atoms with Gasteiger partial charge in [0, 0.05) is 5.56 Å². The lowest BCUT2D eigenvalue weighted by Gasteiger charge is -2.06. The first kappa shape index (κ1) is 9.96. The van der Waals surface area contributed by atoms with Gasteiger partial charge in [0.1, 0.15) is 5.56 Å². The minimum absolute atomic E-state index is 0.0527. The molecule has 80 valence electrons. The summed E-state index contributed by atoms with van der Waals surface area (Å²) in [5.74, 6) is -0.897. The minimum Gasteiger partial charge on any atom is -0.478 e. The van der Waals surface area contributed by atoms with E-state index in [-0.39, 0.29) is 17.2 Å². The molecule has 0 bridgehead atoms. The Morgan fingerprint density at radius 1 is 1.47 bits per heavy atom. The highest BCUT2D eigenvalue weighted by Gasteiger charge is 2.27. The van der Waals surface area contributed by atoms with Crippen molar-refractivity contribution in [1.82, 2.24) is 0 Å². The average molecular weight is 208 g/mol. The van der Waals surface area contributed by atoms with Crippen molar-refractivity contribution in [3.8, 4) is 0 Å². The summed E-state index contributed by atoms with van der Waals surface area (Å²) in [5.41, 5.74) is 0.735. The second-order valence-electron chi connectivity index (χ2n) is 3.83. The monoisotopic (exact) mass is 208 g/mol.